The van der Waals surface area contributed by atoms with Crippen molar-refractivity contribution in [3.63, 3.8) is 0 Å². The van der Waals surface area contributed by atoms with Crippen molar-refractivity contribution in [3.8, 4) is 0 Å². The lowest BCUT2D eigenvalue weighted by Crippen LogP contribution is -2.17. The summed E-state index contributed by atoms with van der Waals surface area (Å²) in [5.41, 5.74) is 0. The zero-order valence-corrected chi connectivity index (χ0v) is 10.2. The van der Waals surface area contributed by atoms with Crippen LogP contribution in [0.1, 0.15) is 17.7 Å². The number of rotatable bonds is 5. The molecule has 1 atom stereocenters. The molecule has 1 fully saturated rings. The molecule has 0 amide bonds. The van der Waals surface area contributed by atoms with E-state index in [0.717, 1.165) is 37.2 Å². The van der Waals surface area contributed by atoms with E-state index in [9.17, 15) is 0 Å². The average molecular weight is 246 g/mol. The number of ether oxygens (including phenoxy) is 1. The number of hydrogen-bond acceptors (Lipinski definition) is 3. The van der Waals surface area contributed by atoms with Gasteiger partial charge in [-0.3, -0.25) is 0 Å². The van der Waals surface area contributed by atoms with Gasteiger partial charge in [-0.2, -0.15) is 0 Å². The lowest BCUT2D eigenvalue weighted by Gasteiger charge is -2.07. The fraction of sp³-hybridized carbons (Fsp3) is 0.636. The van der Waals surface area contributed by atoms with Crippen molar-refractivity contribution in [1.29, 1.82) is 0 Å². The largest absolute Gasteiger partial charge is 0.381 e. The highest BCUT2D eigenvalue weighted by Gasteiger charge is 2.14. The van der Waals surface area contributed by atoms with Crippen LogP contribution in [0.15, 0.2) is 11.4 Å². The summed E-state index contributed by atoms with van der Waals surface area (Å²) in [6.07, 6.45) is 2.45. The predicted octanol–water partition coefficient (Wildman–Crippen LogP) is 2.92. The molecule has 2 nitrogen and oxygen atoms in total. The van der Waals surface area contributed by atoms with Crippen molar-refractivity contribution in [2.45, 2.75) is 19.4 Å². The average Bonchev–Trinajstić information content (AvgIpc) is 2.84. The minimum atomic E-state index is 0.768. The third kappa shape index (κ3) is 3.76. The first-order valence-electron chi connectivity index (χ1n) is 5.36. The molecule has 1 unspecified atom stereocenters. The van der Waals surface area contributed by atoms with Crippen LogP contribution in [-0.4, -0.2) is 19.8 Å². The van der Waals surface area contributed by atoms with Gasteiger partial charge in [0.25, 0.3) is 0 Å². The highest BCUT2D eigenvalue weighted by Crippen LogP contribution is 2.19. The predicted molar refractivity (Wildman–Crippen MR) is 64.6 cm³/mol. The Labute approximate surface area is 99.6 Å². The van der Waals surface area contributed by atoms with Gasteiger partial charge in [-0.15, -0.1) is 11.3 Å². The van der Waals surface area contributed by atoms with Gasteiger partial charge >= 0.3 is 0 Å². The second-order valence-corrected chi connectivity index (χ2v) is 5.36. The van der Waals surface area contributed by atoms with E-state index in [0.29, 0.717) is 0 Å². The Balaban J connectivity index is 1.58. The van der Waals surface area contributed by atoms with Crippen LogP contribution in [0.5, 0.6) is 0 Å². The third-order valence-electron chi connectivity index (χ3n) is 2.67. The maximum absolute atomic E-state index is 5.84. The zero-order valence-electron chi connectivity index (χ0n) is 8.67. The van der Waals surface area contributed by atoms with Gasteiger partial charge in [-0.1, -0.05) is 11.6 Å². The second kappa shape index (κ2) is 5.85. The standard InChI is InChI=1S/C11H16ClNOS/c12-10-5-11(15-8-10)6-13-3-1-9-2-4-14-7-9/h5,8-9,13H,1-4,6-7H2. The molecule has 0 bridgehead atoms. The van der Waals surface area contributed by atoms with Crippen LogP contribution in [-0.2, 0) is 11.3 Å². The Morgan fingerprint density at radius 1 is 1.60 bits per heavy atom. The van der Waals surface area contributed by atoms with Gasteiger partial charge in [0.2, 0.25) is 0 Å². The second-order valence-electron chi connectivity index (χ2n) is 3.93. The molecule has 1 aromatic rings. The molecule has 0 saturated carbocycles. The summed E-state index contributed by atoms with van der Waals surface area (Å²) < 4.78 is 5.33. The molecule has 1 N–H and O–H groups in total. The fourth-order valence-corrected chi connectivity index (χ4v) is 2.82. The van der Waals surface area contributed by atoms with Gasteiger partial charge in [0, 0.05) is 30.0 Å². The maximum Gasteiger partial charge on any atom is 0.0516 e. The summed E-state index contributed by atoms with van der Waals surface area (Å²) in [7, 11) is 0. The normalized spacial score (nSPS) is 21.0. The van der Waals surface area contributed by atoms with Crippen LogP contribution in [0.3, 0.4) is 0 Å². The van der Waals surface area contributed by atoms with Crippen LogP contribution >= 0.6 is 22.9 Å². The first kappa shape index (κ1) is 11.4. The van der Waals surface area contributed by atoms with Gasteiger partial charge in [-0.25, -0.2) is 0 Å². The van der Waals surface area contributed by atoms with Crippen LogP contribution < -0.4 is 5.32 Å². The molecule has 1 saturated heterocycles. The van der Waals surface area contributed by atoms with E-state index in [2.05, 4.69) is 5.32 Å². The number of halogens is 1. The smallest absolute Gasteiger partial charge is 0.0516 e. The topological polar surface area (TPSA) is 21.3 Å². The van der Waals surface area contributed by atoms with Gasteiger partial charge in [-0.05, 0) is 31.4 Å². The first-order chi connectivity index (χ1) is 7.34. The molecule has 1 aliphatic heterocycles. The molecule has 0 aromatic carbocycles. The molecule has 4 heteroatoms. The van der Waals surface area contributed by atoms with Crippen molar-refractivity contribution in [2.75, 3.05) is 19.8 Å². The van der Waals surface area contributed by atoms with Gasteiger partial charge in [0.1, 0.15) is 0 Å². The number of thiophene rings is 1. The zero-order chi connectivity index (χ0) is 10.5. The quantitative estimate of drug-likeness (QED) is 0.806. The molecule has 0 radical (unpaired) electrons. The van der Waals surface area contributed by atoms with Crippen molar-refractivity contribution < 1.29 is 4.74 Å². The summed E-state index contributed by atoms with van der Waals surface area (Å²) in [6.45, 7) is 3.91. The first-order valence-corrected chi connectivity index (χ1v) is 6.62. The summed E-state index contributed by atoms with van der Waals surface area (Å²) in [5.74, 6) is 0.768. The molecule has 84 valence electrons. The van der Waals surface area contributed by atoms with Crippen LogP contribution in [0.2, 0.25) is 5.02 Å². The molecule has 0 spiro atoms. The highest BCUT2D eigenvalue weighted by molar-refractivity contribution is 7.10. The van der Waals surface area contributed by atoms with E-state index in [4.69, 9.17) is 16.3 Å². The van der Waals surface area contributed by atoms with Gasteiger partial charge < -0.3 is 10.1 Å². The number of nitrogens with one attached hydrogen (secondary N) is 1. The summed E-state index contributed by atoms with van der Waals surface area (Å²) in [6, 6.07) is 2.03. The van der Waals surface area contributed by atoms with E-state index in [1.165, 1.54) is 17.7 Å². The maximum atomic E-state index is 5.84. The molecular weight excluding hydrogens is 230 g/mol. The van der Waals surface area contributed by atoms with Crippen LogP contribution in [0, 0.1) is 5.92 Å². The lowest BCUT2D eigenvalue weighted by molar-refractivity contribution is 0.184. The third-order valence-corrected chi connectivity index (χ3v) is 3.96. The highest BCUT2D eigenvalue weighted by atomic mass is 35.5. The Morgan fingerprint density at radius 2 is 2.53 bits per heavy atom. The molecular formula is C11H16ClNOS. The van der Waals surface area contributed by atoms with Crippen molar-refractivity contribution in [3.05, 3.63) is 21.3 Å². The van der Waals surface area contributed by atoms with Crippen molar-refractivity contribution in [2.24, 2.45) is 5.92 Å². The summed E-state index contributed by atoms with van der Waals surface area (Å²) >= 11 is 7.56. The molecule has 1 aromatic heterocycles. The lowest BCUT2D eigenvalue weighted by atomic mass is 10.1. The van der Waals surface area contributed by atoms with E-state index >= 15 is 0 Å². The summed E-state index contributed by atoms with van der Waals surface area (Å²) in [5, 5.41) is 6.26. The molecule has 1 aliphatic rings. The Kier molecular flexibility index (Phi) is 4.44. The minimum absolute atomic E-state index is 0.768. The van der Waals surface area contributed by atoms with Gasteiger partial charge in [0.05, 0.1) is 5.02 Å². The van der Waals surface area contributed by atoms with E-state index in [1.807, 2.05) is 11.4 Å². The fourth-order valence-electron chi connectivity index (χ4n) is 1.78. The summed E-state index contributed by atoms with van der Waals surface area (Å²) in [4.78, 5) is 1.31. The Morgan fingerprint density at radius 3 is 3.20 bits per heavy atom. The minimum Gasteiger partial charge on any atom is -0.381 e. The molecule has 2 rings (SSSR count). The van der Waals surface area contributed by atoms with E-state index in [-0.39, 0.29) is 0 Å². The van der Waals surface area contributed by atoms with E-state index in [1.54, 1.807) is 11.3 Å². The van der Waals surface area contributed by atoms with Crippen LogP contribution in [0.4, 0.5) is 0 Å². The monoisotopic (exact) mass is 245 g/mol. The molecule has 2 heterocycles. The molecule has 15 heavy (non-hydrogen) atoms. The SMILES string of the molecule is Clc1csc(CNCCC2CCOC2)c1. The Hall–Kier alpha value is -0.0900. The van der Waals surface area contributed by atoms with E-state index < -0.39 is 0 Å². The number of hydrogen-bond donors (Lipinski definition) is 1. The van der Waals surface area contributed by atoms with Crippen molar-refractivity contribution >= 4 is 22.9 Å². The Bertz CT molecular complexity index is 297. The molecule has 0 aliphatic carbocycles. The van der Waals surface area contributed by atoms with Gasteiger partial charge in [0.15, 0.2) is 0 Å². The van der Waals surface area contributed by atoms with Crippen LogP contribution in [0.25, 0.3) is 0 Å². The van der Waals surface area contributed by atoms with Crippen molar-refractivity contribution in [1.82, 2.24) is 5.32 Å².